The van der Waals surface area contributed by atoms with Crippen LogP contribution in [0.2, 0.25) is 0 Å². The topological polar surface area (TPSA) is 29.9 Å². The first kappa shape index (κ1) is 11.8. The number of hydrogen-bond acceptors (Lipinski definition) is 2. The fourth-order valence-corrected chi connectivity index (χ4v) is 5.14. The van der Waals surface area contributed by atoms with Crippen LogP contribution in [-0.4, -0.2) is 15.8 Å². The molecule has 2 bridgehead atoms. The molecule has 3 nitrogen and oxygen atoms in total. The maximum Gasteiger partial charge on any atom is 0.0728 e. The van der Waals surface area contributed by atoms with Crippen LogP contribution in [0.1, 0.15) is 52.0 Å². The van der Waals surface area contributed by atoms with Crippen molar-refractivity contribution in [3.63, 3.8) is 0 Å². The normalized spacial score (nSPS) is 40.1. The number of rotatable bonds is 3. The van der Waals surface area contributed by atoms with E-state index >= 15 is 0 Å². The number of aromatic nitrogens is 2. The second-order valence-corrected chi connectivity index (χ2v) is 7.21. The average Bonchev–Trinajstić information content (AvgIpc) is 3.10. The van der Waals surface area contributed by atoms with Crippen molar-refractivity contribution < 1.29 is 0 Å². The van der Waals surface area contributed by atoms with Crippen LogP contribution in [0.15, 0.2) is 12.4 Å². The van der Waals surface area contributed by atoms with E-state index in [2.05, 4.69) is 30.5 Å². The summed E-state index contributed by atoms with van der Waals surface area (Å²) in [5, 5.41) is 8.22. The molecule has 0 saturated heterocycles. The van der Waals surface area contributed by atoms with Crippen LogP contribution in [0, 0.1) is 23.7 Å². The minimum atomic E-state index is 0.454. The third-order valence-corrected chi connectivity index (χ3v) is 5.91. The predicted octanol–water partition coefficient (Wildman–Crippen LogP) is 3.70. The molecule has 19 heavy (non-hydrogen) atoms. The van der Waals surface area contributed by atoms with Gasteiger partial charge in [0.05, 0.1) is 11.9 Å². The van der Waals surface area contributed by atoms with E-state index in [0.717, 1.165) is 23.7 Å². The van der Waals surface area contributed by atoms with Gasteiger partial charge in [-0.1, -0.05) is 6.42 Å². The van der Waals surface area contributed by atoms with Crippen LogP contribution in [0.4, 0.5) is 5.69 Å². The minimum absolute atomic E-state index is 0.454. The minimum Gasteiger partial charge on any atom is -0.379 e. The van der Waals surface area contributed by atoms with Gasteiger partial charge in [-0.2, -0.15) is 5.10 Å². The van der Waals surface area contributed by atoms with Gasteiger partial charge in [0.1, 0.15) is 0 Å². The lowest BCUT2D eigenvalue weighted by Gasteiger charge is -2.32. The highest BCUT2D eigenvalue weighted by molar-refractivity contribution is 5.40. The Bertz CT molecular complexity index is 464. The second kappa shape index (κ2) is 4.26. The second-order valence-electron chi connectivity index (χ2n) is 7.21. The Labute approximate surface area is 115 Å². The van der Waals surface area contributed by atoms with Crippen LogP contribution in [0.25, 0.3) is 0 Å². The number of hydrogen-bond donors (Lipinski definition) is 1. The molecule has 1 N–H and O–H groups in total. The summed E-state index contributed by atoms with van der Waals surface area (Å²) in [6.07, 6.45) is 11.6. The number of fused-ring (bicyclic) bond motifs is 5. The summed E-state index contributed by atoms with van der Waals surface area (Å²) in [4.78, 5) is 0. The zero-order valence-corrected chi connectivity index (χ0v) is 12.0. The maximum absolute atomic E-state index is 4.44. The van der Waals surface area contributed by atoms with Crippen LogP contribution in [-0.2, 0) is 0 Å². The highest BCUT2D eigenvalue weighted by atomic mass is 15.3. The molecule has 0 amide bonds. The molecule has 3 fully saturated rings. The molecule has 3 aliphatic rings. The van der Waals surface area contributed by atoms with Crippen molar-refractivity contribution in [1.82, 2.24) is 9.78 Å². The monoisotopic (exact) mass is 259 g/mol. The number of nitrogens with one attached hydrogen (secondary N) is 1. The van der Waals surface area contributed by atoms with Crippen LogP contribution in [0.5, 0.6) is 0 Å². The van der Waals surface area contributed by atoms with E-state index in [4.69, 9.17) is 0 Å². The molecule has 0 aliphatic heterocycles. The molecular weight excluding hydrogens is 234 g/mol. The predicted molar refractivity (Wildman–Crippen MR) is 77.1 cm³/mol. The average molecular weight is 259 g/mol. The summed E-state index contributed by atoms with van der Waals surface area (Å²) >= 11 is 0. The highest BCUT2D eigenvalue weighted by Crippen LogP contribution is 2.59. The molecule has 0 radical (unpaired) electrons. The number of anilines is 1. The van der Waals surface area contributed by atoms with Gasteiger partial charge in [-0.05, 0) is 63.2 Å². The first-order valence-corrected chi connectivity index (χ1v) is 8.03. The summed E-state index contributed by atoms with van der Waals surface area (Å²) in [6.45, 7) is 4.36. The van der Waals surface area contributed by atoms with Gasteiger partial charge in [0.15, 0.2) is 0 Å². The largest absolute Gasteiger partial charge is 0.379 e. The van der Waals surface area contributed by atoms with Crippen molar-refractivity contribution in [3.05, 3.63) is 12.4 Å². The Morgan fingerprint density at radius 3 is 2.84 bits per heavy atom. The van der Waals surface area contributed by atoms with Crippen molar-refractivity contribution in [2.24, 2.45) is 23.7 Å². The number of nitrogens with zero attached hydrogens (tertiary/aromatic N) is 2. The van der Waals surface area contributed by atoms with E-state index in [9.17, 15) is 0 Å². The third-order valence-electron chi connectivity index (χ3n) is 5.91. The van der Waals surface area contributed by atoms with Crippen molar-refractivity contribution in [2.45, 2.75) is 58.0 Å². The van der Waals surface area contributed by atoms with Gasteiger partial charge in [0, 0.05) is 18.3 Å². The highest BCUT2D eigenvalue weighted by Gasteiger charge is 2.53. The molecule has 5 unspecified atom stereocenters. The van der Waals surface area contributed by atoms with Gasteiger partial charge >= 0.3 is 0 Å². The summed E-state index contributed by atoms with van der Waals surface area (Å²) in [5.74, 6) is 4.09. The maximum atomic E-state index is 4.44. The lowest BCUT2D eigenvalue weighted by molar-refractivity contribution is 0.243. The molecule has 0 aromatic carbocycles. The van der Waals surface area contributed by atoms with E-state index in [0.29, 0.717) is 12.1 Å². The van der Waals surface area contributed by atoms with Gasteiger partial charge in [0.25, 0.3) is 0 Å². The van der Waals surface area contributed by atoms with Crippen molar-refractivity contribution in [2.75, 3.05) is 5.32 Å². The Morgan fingerprint density at radius 1 is 1.21 bits per heavy atom. The summed E-state index contributed by atoms with van der Waals surface area (Å²) in [7, 11) is 0. The smallest absolute Gasteiger partial charge is 0.0728 e. The Kier molecular flexibility index (Phi) is 2.64. The van der Waals surface area contributed by atoms with E-state index in [1.807, 2.05) is 10.9 Å². The zero-order chi connectivity index (χ0) is 13.0. The van der Waals surface area contributed by atoms with Gasteiger partial charge in [0.2, 0.25) is 0 Å². The SMILES string of the molecule is CC(C)n1cc(NC2CC3CC2C2CCCC32)cn1. The Hall–Kier alpha value is -0.990. The molecule has 4 rings (SSSR count). The molecule has 0 spiro atoms. The van der Waals surface area contributed by atoms with Crippen LogP contribution in [0.3, 0.4) is 0 Å². The van der Waals surface area contributed by atoms with Crippen molar-refractivity contribution >= 4 is 5.69 Å². The molecule has 5 atom stereocenters. The molecule has 3 heteroatoms. The first-order valence-electron chi connectivity index (χ1n) is 8.03. The van der Waals surface area contributed by atoms with Gasteiger partial charge < -0.3 is 5.32 Å². The van der Waals surface area contributed by atoms with E-state index in [1.165, 1.54) is 37.8 Å². The molecular formula is C16H25N3. The third kappa shape index (κ3) is 1.81. The summed E-state index contributed by atoms with van der Waals surface area (Å²) in [6, 6.07) is 1.17. The van der Waals surface area contributed by atoms with Gasteiger partial charge in [-0.25, -0.2) is 0 Å². The molecule has 3 saturated carbocycles. The lowest BCUT2D eigenvalue weighted by Crippen LogP contribution is -2.33. The van der Waals surface area contributed by atoms with Crippen LogP contribution < -0.4 is 5.32 Å². The molecule has 1 aromatic heterocycles. The zero-order valence-electron chi connectivity index (χ0n) is 12.0. The van der Waals surface area contributed by atoms with E-state index in [-0.39, 0.29) is 0 Å². The molecule has 1 aromatic rings. The van der Waals surface area contributed by atoms with Gasteiger partial charge in [-0.3, -0.25) is 4.68 Å². The Morgan fingerprint density at radius 2 is 2.05 bits per heavy atom. The van der Waals surface area contributed by atoms with E-state index in [1.54, 1.807) is 0 Å². The fourth-order valence-electron chi connectivity index (χ4n) is 5.14. The van der Waals surface area contributed by atoms with Crippen molar-refractivity contribution in [3.8, 4) is 0 Å². The quantitative estimate of drug-likeness (QED) is 0.897. The summed E-state index contributed by atoms with van der Waals surface area (Å²) < 4.78 is 2.05. The first-order chi connectivity index (χ1) is 9.22. The lowest BCUT2D eigenvalue weighted by atomic mass is 9.79. The van der Waals surface area contributed by atoms with E-state index < -0.39 is 0 Å². The Balaban J connectivity index is 1.46. The van der Waals surface area contributed by atoms with Crippen LogP contribution >= 0.6 is 0 Å². The standard InChI is InChI=1S/C16H25N3/c1-10(2)19-9-12(8-17-19)18-16-7-11-6-15(16)14-5-3-4-13(11)14/h8-11,13-16,18H,3-7H2,1-2H3. The summed E-state index contributed by atoms with van der Waals surface area (Å²) in [5.41, 5.74) is 1.22. The molecule has 104 valence electrons. The molecule has 1 heterocycles. The van der Waals surface area contributed by atoms with Crippen molar-refractivity contribution in [1.29, 1.82) is 0 Å². The fraction of sp³-hybridized carbons (Fsp3) is 0.812. The van der Waals surface area contributed by atoms with Gasteiger partial charge in [-0.15, -0.1) is 0 Å². The molecule has 3 aliphatic carbocycles.